The third-order valence-electron chi connectivity index (χ3n) is 3.93. The summed E-state index contributed by atoms with van der Waals surface area (Å²) in [4.78, 5) is -1.18. The first kappa shape index (κ1) is 23.5. The van der Waals surface area contributed by atoms with Gasteiger partial charge in [0.2, 0.25) is 15.9 Å². The maximum Gasteiger partial charge on any atom is 0.416 e. The molecule has 3 rings (SSSR count). The van der Waals surface area contributed by atoms with Gasteiger partial charge in [-0.2, -0.15) is 26.3 Å². The molecule has 0 aliphatic rings. The van der Waals surface area contributed by atoms with Crippen LogP contribution in [-0.2, 0) is 22.4 Å². The number of furan rings is 1. The summed E-state index contributed by atoms with van der Waals surface area (Å²) < 4.78 is 114. The van der Waals surface area contributed by atoms with Crippen LogP contribution in [-0.4, -0.2) is 31.8 Å². The van der Waals surface area contributed by atoms with Gasteiger partial charge in [-0.15, -0.1) is 10.2 Å². The number of alkyl halides is 6. The summed E-state index contributed by atoms with van der Waals surface area (Å²) in [5.74, 6) is 0.467. The van der Waals surface area contributed by atoms with Crippen LogP contribution in [0.25, 0.3) is 11.5 Å². The molecule has 2 aromatic heterocycles. The second-order valence-electron chi connectivity index (χ2n) is 6.22. The van der Waals surface area contributed by atoms with Gasteiger partial charge in [-0.25, -0.2) is 13.1 Å². The Labute approximate surface area is 177 Å². The standard InChI is InChI=1S/C18H13F6N3O4S/c19-17(20,21)11-8-12(18(22,23)24)10-13(9-11)32(28,29)25-5-7-31-16-4-3-14(26-27-16)15-2-1-6-30-15/h1-4,6,8-10,25H,5,7H2. The lowest BCUT2D eigenvalue weighted by Gasteiger charge is -2.15. The van der Waals surface area contributed by atoms with Gasteiger partial charge in [-0.05, 0) is 36.4 Å². The van der Waals surface area contributed by atoms with Crippen molar-refractivity contribution in [1.82, 2.24) is 14.9 Å². The summed E-state index contributed by atoms with van der Waals surface area (Å²) in [7, 11) is -4.70. The molecule has 1 aromatic carbocycles. The number of nitrogens with one attached hydrogen (secondary N) is 1. The second kappa shape index (κ2) is 8.78. The van der Waals surface area contributed by atoms with Crippen molar-refractivity contribution in [3.63, 3.8) is 0 Å². The molecule has 172 valence electrons. The van der Waals surface area contributed by atoms with Crippen LogP contribution in [0.15, 0.2) is 58.0 Å². The van der Waals surface area contributed by atoms with E-state index in [1.165, 1.54) is 18.4 Å². The van der Waals surface area contributed by atoms with Gasteiger partial charge in [0.15, 0.2) is 5.76 Å². The molecular weight excluding hydrogens is 468 g/mol. The van der Waals surface area contributed by atoms with Crippen LogP contribution in [0.2, 0.25) is 0 Å². The highest BCUT2D eigenvalue weighted by Gasteiger charge is 2.38. The summed E-state index contributed by atoms with van der Waals surface area (Å²) in [5.41, 5.74) is -3.07. The Kier molecular flexibility index (Phi) is 6.46. The van der Waals surface area contributed by atoms with Crippen molar-refractivity contribution in [3.05, 3.63) is 59.9 Å². The molecule has 0 fully saturated rings. The van der Waals surface area contributed by atoms with E-state index >= 15 is 0 Å². The highest BCUT2D eigenvalue weighted by Crippen LogP contribution is 2.37. The van der Waals surface area contributed by atoms with Gasteiger partial charge in [0, 0.05) is 12.6 Å². The SMILES string of the molecule is O=S(=O)(NCCOc1ccc(-c2ccco2)nn1)c1cc(C(F)(F)F)cc(C(F)(F)F)c1. The van der Waals surface area contributed by atoms with E-state index in [4.69, 9.17) is 9.15 Å². The molecule has 14 heteroatoms. The van der Waals surface area contributed by atoms with E-state index in [9.17, 15) is 34.8 Å². The lowest BCUT2D eigenvalue weighted by Crippen LogP contribution is -2.29. The Morgan fingerprint density at radius 1 is 0.938 bits per heavy atom. The van der Waals surface area contributed by atoms with E-state index < -0.39 is 44.9 Å². The first-order chi connectivity index (χ1) is 14.9. The molecular formula is C18H13F6N3O4S. The molecule has 0 bridgehead atoms. The van der Waals surface area contributed by atoms with E-state index in [0.29, 0.717) is 11.5 Å². The molecule has 0 amide bonds. The van der Waals surface area contributed by atoms with E-state index in [2.05, 4.69) is 10.2 Å². The fourth-order valence-electron chi connectivity index (χ4n) is 2.45. The van der Waals surface area contributed by atoms with Crippen molar-refractivity contribution in [2.45, 2.75) is 17.2 Å². The van der Waals surface area contributed by atoms with Crippen molar-refractivity contribution in [2.75, 3.05) is 13.2 Å². The average molecular weight is 481 g/mol. The van der Waals surface area contributed by atoms with Crippen LogP contribution in [0.1, 0.15) is 11.1 Å². The highest BCUT2D eigenvalue weighted by atomic mass is 32.2. The smallest absolute Gasteiger partial charge is 0.416 e. The number of hydrogen-bond acceptors (Lipinski definition) is 6. The molecule has 1 N–H and O–H groups in total. The van der Waals surface area contributed by atoms with Crippen molar-refractivity contribution in [2.24, 2.45) is 0 Å². The molecule has 0 atom stereocenters. The van der Waals surface area contributed by atoms with E-state index in [0.717, 1.165) is 0 Å². The average Bonchev–Trinajstić information content (AvgIpc) is 3.25. The minimum absolute atomic E-state index is 0.0120. The van der Waals surface area contributed by atoms with Gasteiger partial charge in [-0.3, -0.25) is 0 Å². The molecule has 0 radical (unpaired) electrons. The van der Waals surface area contributed by atoms with E-state index in [1.807, 2.05) is 4.72 Å². The van der Waals surface area contributed by atoms with Gasteiger partial charge < -0.3 is 9.15 Å². The number of benzene rings is 1. The number of sulfonamides is 1. The normalized spacial score (nSPS) is 12.7. The maximum atomic E-state index is 12.9. The number of ether oxygens (including phenoxy) is 1. The second-order valence-corrected chi connectivity index (χ2v) is 7.99. The minimum Gasteiger partial charge on any atom is -0.475 e. The lowest BCUT2D eigenvalue weighted by atomic mass is 10.1. The number of rotatable bonds is 7. The van der Waals surface area contributed by atoms with Gasteiger partial charge in [0.1, 0.15) is 12.3 Å². The molecule has 0 unspecified atom stereocenters. The molecule has 3 aromatic rings. The summed E-state index contributed by atoms with van der Waals surface area (Å²) in [6, 6.07) is 6.32. The third kappa shape index (κ3) is 5.76. The van der Waals surface area contributed by atoms with E-state index in [1.54, 1.807) is 12.1 Å². The van der Waals surface area contributed by atoms with Crippen LogP contribution < -0.4 is 9.46 Å². The fourth-order valence-corrected chi connectivity index (χ4v) is 3.53. The van der Waals surface area contributed by atoms with Crippen LogP contribution in [0.4, 0.5) is 26.3 Å². The van der Waals surface area contributed by atoms with Crippen LogP contribution >= 0.6 is 0 Å². The van der Waals surface area contributed by atoms with Crippen molar-refractivity contribution in [1.29, 1.82) is 0 Å². The Morgan fingerprint density at radius 3 is 2.09 bits per heavy atom. The van der Waals surface area contributed by atoms with Crippen molar-refractivity contribution < 1.29 is 43.9 Å². The Hall–Kier alpha value is -3.13. The molecule has 7 nitrogen and oxygen atoms in total. The highest BCUT2D eigenvalue weighted by molar-refractivity contribution is 7.89. The summed E-state index contributed by atoms with van der Waals surface area (Å²) >= 11 is 0. The summed E-state index contributed by atoms with van der Waals surface area (Å²) in [6.07, 6.45) is -8.90. The zero-order chi connectivity index (χ0) is 23.6. The fraction of sp³-hybridized carbons (Fsp3) is 0.222. The van der Waals surface area contributed by atoms with Crippen molar-refractivity contribution in [3.8, 4) is 17.3 Å². The molecule has 2 heterocycles. The monoisotopic (exact) mass is 481 g/mol. The number of aromatic nitrogens is 2. The van der Waals surface area contributed by atoms with Gasteiger partial charge in [-0.1, -0.05) is 0 Å². The van der Waals surface area contributed by atoms with Crippen molar-refractivity contribution >= 4 is 10.0 Å². The predicted octanol–water partition coefficient (Wildman–Crippen LogP) is 4.13. The Morgan fingerprint density at radius 2 is 1.59 bits per heavy atom. The van der Waals surface area contributed by atoms with Crippen LogP contribution in [0.5, 0.6) is 5.88 Å². The quantitative estimate of drug-likeness (QED) is 0.403. The lowest BCUT2D eigenvalue weighted by molar-refractivity contribution is -0.143. The Bertz CT molecular complexity index is 1130. The summed E-state index contributed by atoms with van der Waals surface area (Å²) in [6.45, 7) is -0.777. The molecule has 0 saturated carbocycles. The van der Waals surface area contributed by atoms with Gasteiger partial charge in [0.25, 0.3) is 0 Å². The number of nitrogens with zero attached hydrogens (tertiary/aromatic N) is 2. The van der Waals surface area contributed by atoms with Crippen LogP contribution in [0, 0.1) is 0 Å². The zero-order valence-electron chi connectivity index (χ0n) is 15.7. The third-order valence-corrected chi connectivity index (χ3v) is 5.37. The molecule has 0 spiro atoms. The largest absolute Gasteiger partial charge is 0.475 e. The van der Waals surface area contributed by atoms with Crippen LogP contribution in [0.3, 0.4) is 0 Å². The van der Waals surface area contributed by atoms with Gasteiger partial charge in [0.05, 0.1) is 22.3 Å². The van der Waals surface area contributed by atoms with E-state index in [-0.39, 0.29) is 30.7 Å². The molecule has 32 heavy (non-hydrogen) atoms. The zero-order valence-corrected chi connectivity index (χ0v) is 16.6. The first-order valence-corrected chi connectivity index (χ1v) is 10.1. The Balaban J connectivity index is 1.66. The predicted molar refractivity (Wildman–Crippen MR) is 96.9 cm³/mol. The molecule has 0 aliphatic carbocycles. The minimum atomic E-state index is -5.17. The van der Waals surface area contributed by atoms with Gasteiger partial charge >= 0.3 is 12.4 Å². The maximum absolute atomic E-state index is 12.9. The number of hydrogen-bond donors (Lipinski definition) is 1. The summed E-state index contributed by atoms with van der Waals surface area (Å²) in [5, 5.41) is 7.59. The molecule has 0 saturated heterocycles. The topological polar surface area (TPSA) is 94.3 Å². The first-order valence-electron chi connectivity index (χ1n) is 8.66. The number of halogens is 6. The molecule has 0 aliphatic heterocycles.